The van der Waals surface area contributed by atoms with Crippen LogP contribution in [0.5, 0.6) is 0 Å². The molecule has 6 nitrogen and oxygen atoms in total. The summed E-state index contributed by atoms with van der Waals surface area (Å²) in [5.74, 6) is 1.16. The third-order valence-electron chi connectivity index (χ3n) is 4.83. The fraction of sp³-hybridized carbons (Fsp3) is 0.733. The van der Waals surface area contributed by atoms with Gasteiger partial charge in [-0.3, -0.25) is 4.79 Å². The number of hydrogen-bond acceptors (Lipinski definition) is 6. The van der Waals surface area contributed by atoms with Gasteiger partial charge in [-0.2, -0.15) is 0 Å². The van der Waals surface area contributed by atoms with E-state index in [2.05, 4.69) is 14.7 Å². The van der Waals surface area contributed by atoms with E-state index < -0.39 is 9.73 Å². The van der Waals surface area contributed by atoms with Crippen molar-refractivity contribution in [3.63, 3.8) is 0 Å². The van der Waals surface area contributed by atoms with E-state index in [0.29, 0.717) is 17.2 Å². The molecule has 0 aliphatic carbocycles. The first kappa shape index (κ1) is 16.7. The SMILES string of the molecule is CCNc1nc(C(=O)N2CCCC23CCCS(=O)(=NC)C3)cs1. The van der Waals surface area contributed by atoms with Gasteiger partial charge in [0.2, 0.25) is 0 Å². The average molecular weight is 357 g/mol. The first-order valence-corrected chi connectivity index (χ1v) is 10.9. The van der Waals surface area contributed by atoms with Crippen LogP contribution >= 0.6 is 11.3 Å². The topological polar surface area (TPSA) is 74.7 Å². The average Bonchev–Trinajstić information content (AvgIpc) is 3.15. The number of likely N-dealkylation sites (tertiary alicyclic amines) is 1. The van der Waals surface area contributed by atoms with Gasteiger partial charge in [0.1, 0.15) is 5.69 Å². The highest BCUT2D eigenvalue weighted by Gasteiger charge is 2.48. The molecule has 2 atom stereocenters. The van der Waals surface area contributed by atoms with Gasteiger partial charge in [-0.15, -0.1) is 11.3 Å². The van der Waals surface area contributed by atoms with Crippen molar-refractivity contribution >= 4 is 32.1 Å². The molecule has 3 rings (SSSR count). The van der Waals surface area contributed by atoms with Gasteiger partial charge in [0.15, 0.2) is 5.13 Å². The summed E-state index contributed by atoms with van der Waals surface area (Å²) in [5.41, 5.74) is 0.214. The van der Waals surface area contributed by atoms with Crippen molar-refractivity contribution in [2.45, 2.75) is 38.1 Å². The summed E-state index contributed by atoms with van der Waals surface area (Å²) in [6.45, 7) is 3.52. The number of carbonyl (C=O) groups is 1. The van der Waals surface area contributed by atoms with Crippen LogP contribution in [-0.4, -0.2) is 57.2 Å². The van der Waals surface area contributed by atoms with Crippen LogP contribution in [0.25, 0.3) is 0 Å². The highest BCUT2D eigenvalue weighted by atomic mass is 32.2. The van der Waals surface area contributed by atoms with Crippen LogP contribution in [0.2, 0.25) is 0 Å². The monoisotopic (exact) mass is 356 g/mol. The fourth-order valence-corrected chi connectivity index (χ4v) is 6.85. The smallest absolute Gasteiger partial charge is 0.273 e. The standard InChI is InChI=1S/C15H24N4O2S2/c1-3-17-14-18-12(10-22-14)13(20)19-8-4-6-15(19)7-5-9-23(21,11-15)16-2/h10H,3-9,11H2,1-2H3,(H,17,18). The van der Waals surface area contributed by atoms with Gasteiger partial charge in [0, 0.05) is 41.0 Å². The molecule has 2 aliphatic rings. The molecule has 128 valence electrons. The summed E-state index contributed by atoms with van der Waals surface area (Å²) in [5, 5.41) is 5.74. The highest BCUT2D eigenvalue weighted by molar-refractivity contribution is 7.93. The summed E-state index contributed by atoms with van der Waals surface area (Å²) < 4.78 is 17.0. The Kier molecular flexibility index (Phi) is 4.64. The molecule has 2 unspecified atom stereocenters. The lowest BCUT2D eigenvalue weighted by molar-refractivity contribution is 0.0603. The Morgan fingerprint density at radius 3 is 3.04 bits per heavy atom. The van der Waals surface area contributed by atoms with Gasteiger partial charge in [-0.1, -0.05) is 0 Å². The van der Waals surface area contributed by atoms with Crippen LogP contribution in [0.15, 0.2) is 9.74 Å². The number of nitrogens with one attached hydrogen (secondary N) is 1. The van der Waals surface area contributed by atoms with Gasteiger partial charge in [0.25, 0.3) is 5.91 Å². The zero-order chi connectivity index (χ0) is 16.5. The lowest BCUT2D eigenvalue weighted by Crippen LogP contribution is -2.54. The third-order valence-corrected chi connectivity index (χ3v) is 8.21. The summed E-state index contributed by atoms with van der Waals surface area (Å²) >= 11 is 1.46. The predicted molar refractivity (Wildman–Crippen MR) is 94.7 cm³/mol. The molecule has 2 aliphatic heterocycles. The lowest BCUT2D eigenvalue weighted by Gasteiger charge is -2.42. The quantitative estimate of drug-likeness (QED) is 0.903. The number of rotatable bonds is 3. The Balaban J connectivity index is 1.86. The predicted octanol–water partition coefficient (Wildman–Crippen LogP) is 2.44. The second-order valence-electron chi connectivity index (χ2n) is 6.26. The van der Waals surface area contributed by atoms with Crippen LogP contribution < -0.4 is 5.32 Å². The van der Waals surface area contributed by atoms with Crippen LogP contribution in [0.3, 0.4) is 0 Å². The van der Waals surface area contributed by atoms with Crippen LogP contribution in [0, 0.1) is 0 Å². The normalized spacial score (nSPS) is 30.6. The Morgan fingerprint density at radius 1 is 1.52 bits per heavy atom. The summed E-state index contributed by atoms with van der Waals surface area (Å²) in [6, 6.07) is 0. The molecule has 0 bridgehead atoms. The van der Waals surface area contributed by atoms with Crippen molar-refractivity contribution in [2.75, 3.05) is 37.0 Å². The molecule has 1 aromatic heterocycles. The maximum atomic E-state index is 13.0. The van der Waals surface area contributed by atoms with E-state index >= 15 is 0 Å². The van der Waals surface area contributed by atoms with Crippen molar-refractivity contribution in [2.24, 2.45) is 4.36 Å². The number of aromatic nitrogens is 1. The molecule has 0 radical (unpaired) electrons. The van der Waals surface area contributed by atoms with Gasteiger partial charge in [-0.05, 0) is 32.6 Å². The first-order chi connectivity index (χ1) is 11.0. The Hall–Kier alpha value is -1.15. The molecular formula is C15H24N4O2S2. The second kappa shape index (κ2) is 6.39. The number of anilines is 1. The van der Waals surface area contributed by atoms with Crippen LogP contribution in [-0.2, 0) is 9.73 Å². The summed E-state index contributed by atoms with van der Waals surface area (Å²) in [7, 11) is -0.527. The molecular weight excluding hydrogens is 332 g/mol. The first-order valence-electron chi connectivity index (χ1n) is 8.14. The number of hydrogen-bond donors (Lipinski definition) is 1. The maximum Gasteiger partial charge on any atom is 0.273 e. The molecule has 0 saturated carbocycles. The molecule has 2 fully saturated rings. The van der Waals surface area contributed by atoms with Crippen molar-refractivity contribution in [3.8, 4) is 0 Å². The van der Waals surface area contributed by atoms with Gasteiger partial charge < -0.3 is 10.2 Å². The zero-order valence-corrected chi connectivity index (χ0v) is 15.3. The summed E-state index contributed by atoms with van der Waals surface area (Å²) in [6.07, 6.45) is 3.69. The van der Waals surface area contributed by atoms with Crippen molar-refractivity contribution in [1.29, 1.82) is 0 Å². The van der Waals surface area contributed by atoms with Gasteiger partial charge in [-0.25, -0.2) is 13.6 Å². The minimum absolute atomic E-state index is 0.0253. The van der Waals surface area contributed by atoms with E-state index in [4.69, 9.17) is 0 Å². The second-order valence-corrected chi connectivity index (χ2v) is 9.73. The van der Waals surface area contributed by atoms with Gasteiger partial charge in [0.05, 0.1) is 11.3 Å². The molecule has 23 heavy (non-hydrogen) atoms. The Bertz CT molecular complexity index is 708. The van der Waals surface area contributed by atoms with Crippen molar-refractivity contribution < 1.29 is 9.00 Å². The summed E-state index contributed by atoms with van der Waals surface area (Å²) in [4.78, 5) is 19.3. The maximum absolute atomic E-state index is 13.0. The minimum atomic E-state index is -2.17. The largest absolute Gasteiger partial charge is 0.362 e. The van der Waals surface area contributed by atoms with E-state index in [1.54, 1.807) is 7.05 Å². The van der Waals surface area contributed by atoms with E-state index in [0.717, 1.165) is 43.9 Å². The molecule has 2 saturated heterocycles. The number of thiazole rings is 1. The highest BCUT2D eigenvalue weighted by Crippen LogP contribution is 2.39. The molecule has 1 N–H and O–H groups in total. The van der Waals surface area contributed by atoms with E-state index in [-0.39, 0.29) is 11.4 Å². The number of carbonyl (C=O) groups excluding carboxylic acids is 1. The fourth-order valence-electron chi connectivity index (χ4n) is 3.75. The Morgan fingerprint density at radius 2 is 2.30 bits per heavy atom. The zero-order valence-electron chi connectivity index (χ0n) is 13.7. The van der Waals surface area contributed by atoms with Crippen LogP contribution in [0.1, 0.15) is 43.1 Å². The van der Waals surface area contributed by atoms with Gasteiger partial charge >= 0.3 is 0 Å². The number of amides is 1. The molecule has 0 aromatic carbocycles. The molecule has 3 heterocycles. The lowest BCUT2D eigenvalue weighted by atomic mass is 9.92. The molecule has 1 spiro atoms. The third kappa shape index (κ3) is 3.10. The van der Waals surface area contributed by atoms with E-state index in [1.165, 1.54) is 11.3 Å². The molecule has 1 amide bonds. The van der Waals surface area contributed by atoms with Crippen molar-refractivity contribution in [1.82, 2.24) is 9.88 Å². The van der Waals surface area contributed by atoms with E-state index in [1.807, 2.05) is 17.2 Å². The van der Waals surface area contributed by atoms with Crippen molar-refractivity contribution in [3.05, 3.63) is 11.1 Å². The van der Waals surface area contributed by atoms with E-state index in [9.17, 15) is 9.00 Å². The Labute approximate surface area is 141 Å². The van der Waals surface area contributed by atoms with Crippen LogP contribution in [0.4, 0.5) is 5.13 Å². The minimum Gasteiger partial charge on any atom is -0.362 e. The molecule has 1 aromatic rings. The number of nitrogens with zero attached hydrogens (tertiary/aromatic N) is 3. The molecule has 8 heteroatoms.